The Bertz CT molecular complexity index is 1030. The number of ether oxygens (including phenoxy) is 1. The highest BCUT2D eigenvalue weighted by molar-refractivity contribution is 6.00. The molecule has 3 N–H and O–H groups in total. The van der Waals surface area contributed by atoms with Crippen molar-refractivity contribution in [1.82, 2.24) is 20.4 Å². The van der Waals surface area contributed by atoms with Gasteiger partial charge in [-0.3, -0.25) is 19.3 Å². The monoisotopic (exact) mass is 554 g/mol. The summed E-state index contributed by atoms with van der Waals surface area (Å²) in [5.74, 6) is 0.429. The average Bonchev–Trinajstić information content (AvgIpc) is 2.99. The minimum absolute atomic E-state index is 0.0737. The van der Waals surface area contributed by atoms with Crippen molar-refractivity contribution in [2.45, 2.75) is 82.4 Å². The highest BCUT2D eigenvalue weighted by Gasteiger charge is 2.55. The lowest BCUT2D eigenvalue weighted by Gasteiger charge is -2.52. The van der Waals surface area contributed by atoms with Gasteiger partial charge in [-0.2, -0.15) is 0 Å². The van der Waals surface area contributed by atoms with E-state index in [0.717, 1.165) is 45.1 Å². The van der Waals surface area contributed by atoms with Crippen LogP contribution in [-0.2, 0) is 9.59 Å². The fraction of sp³-hybridized carbons (Fsp3) is 0.645. The van der Waals surface area contributed by atoms with Gasteiger partial charge in [0.1, 0.15) is 23.9 Å². The first-order chi connectivity index (χ1) is 19.4. The molecule has 0 bridgehead atoms. The van der Waals surface area contributed by atoms with Gasteiger partial charge in [0, 0.05) is 38.8 Å². The van der Waals surface area contributed by atoms with Crippen molar-refractivity contribution in [2.24, 2.45) is 5.92 Å². The number of hydrogen-bond acceptors (Lipinski definition) is 6. The summed E-state index contributed by atoms with van der Waals surface area (Å²) in [4.78, 5) is 43.1. The van der Waals surface area contributed by atoms with E-state index in [0.29, 0.717) is 50.4 Å². The molecule has 1 spiro atoms. The number of carbonyl (C=O) groups is 3. The zero-order valence-corrected chi connectivity index (χ0v) is 24.1. The minimum atomic E-state index is -0.834. The molecule has 4 rings (SSSR count). The van der Waals surface area contributed by atoms with Gasteiger partial charge in [0.25, 0.3) is 5.91 Å². The Kier molecular flexibility index (Phi) is 10.6. The lowest BCUT2D eigenvalue weighted by molar-refractivity contribution is -0.165. The third-order valence-corrected chi connectivity index (χ3v) is 8.87. The van der Waals surface area contributed by atoms with Crippen LogP contribution in [0.15, 0.2) is 36.4 Å². The van der Waals surface area contributed by atoms with E-state index in [9.17, 15) is 19.5 Å². The Morgan fingerprint density at radius 3 is 2.50 bits per heavy atom. The second kappa shape index (κ2) is 14.1. The largest absolute Gasteiger partial charge is 0.490 e. The molecule has 2 saturated heterocycles. The summed E-state index contributed by atoms with van der Waals surface area (Å²) in [6.07, 6.45) is 11.3. The second-order valence-corrected chi connectivity index (χ2v) is 11.4. The van der Waals surface area contributed by atoms with E-state index in [2.05, 4.69) is 28.5 Å². The van der Waals surface area contributed by atoms with Crippen LogP contribution in [0.2, 0.25) is 0 Å². The van der Waals surface area contributed by atoms with Gasteiger partial charge in [-0.1, -0.05) is 44.8 Å². The number of aliphatic hydroxyl groups is 1. The van der Waals surface area contributed by atoms with Gasteiger partial charge < -0.3 is 25.4 Å². The number of nitrogens with zero attached hydrogens (tertiary/aromatic N) is 2. The predicted molar refractivity (Wildman–Crippen MR) is 154 cm³/mol. The van der Waals surface area contributed by atoms with Gasteiger partial charge in [0.2, 0.25) is 11.8 Å². The number of amides is 3. The smallest absolute Gasteiger partial charge is 0.251 e. The van der Waals surface area contributed by atoms with E-state index in [1.807, 2.05) is 11.0 Å². The Morgan fingerprint density at radius 1 is 1.15 bits per heavy atom. The number of piperazine rings is 1. The van der Waals surface area contributed by atoms with E-state index in [1.54, 1.807) is 31.3 Å². The summed E-state index contributed by atoms with van der Waals surface area (Å²) in [5.41, 5.74) is -0.245. The van der Waals surface area contributed by atoms with Crippen LogP contribution in [0, 0.1) is 5.92 Å². The third-order valence-electron chi connectivity index (χ3n) is 8.87. The lowest BCUT2D eigenvalue weighted by atomic mass is 9.78. The van der Waals surface area contributed by atoms with Crippen LogP contribution in [0.25, 0.3) is 0 Å². The van der Waals surface area contributed by atoms with E-state index < -0.39 is 17.7 Å². The first kappa shape index (κ1) is 30.1. The Hall–Kier alpha value is -2.91. The molecule has 1 aliphatic carbocycles. The van der Waals surface area contributed by atoms with Crippen LogP contribution in [0.4, 0.5) is 0 Å². The molecule has 3 amide bonds. The van der Waals surface area contributed by atoms with E-state index >= 15 is 0 Å². The molecule has 0 unspecified atom stereocenters. The Balaban J connectivity index is 1.30. The van der Waals surface area contributed by atoms with E-state index in [4.69, 9.17) is 4.74 Å². The fourth-order valence-electron chi connectivity index (χ4n) is 6.34. The fourth-order valence-corrected chi connectivity index (χ4v) is 6.34. The molecule has 9 nitrogen and oxygen atoms in total. The molecule has 3 aliphatic rings. The van der Waals surface area contributed by atoms with Crippen molar-refractivity contribution in [3.05, 3.63) is 42.0 Å². The third kappa shape index (κ3) is 6.86. The second-order valence-electron chi connectivity index (χ2n) is 11.4. The Morgan fingerprint density at radius 2 is 1.85 bits per heavy atom. The SMILES string of the molecule is CCCCN1C(=O)[C@@H]([C@H](O)C2CCCCC2)NC(=O)C12CCN(CC=CCOc1ccc(C(=O)NC)cc1)CC2. The molecule has 1 aromatic rings. The van der Waals surface area contributed by atoms with Crippen LogP contribution in [-0.4, -0.2) is 90.1 Å². The highest BCUT2D eigenvalue weighted by atomic mass is 16.5. The van der Waals surface area contributed by atoms with Crippen molar-refractivity contribution in [1.29, 1.82) is 0 Å². The maximum Gasteiger partial charge on any atom is 0.251 e. The molecule has 0 radical (unpaired) electrons. The molecule has 40 heavy (non-hydrogen) atoms. The summed E-state index contributed by atoms with van der Waals surface area (Å²) in [5, 5.41) is 16.7. The number of unbranched alkanes of at least 4 members (excludes halogenated alkanes) is 1. The standard InChI is InChI=1S/C31H46N4O5/c1-3-4-19-35-29(38)26(27(36)23-10-6-5-7-11-23)33-30(39)31(35)16-20-34(21-17-31)18-8-9-22-40-25-14-12-24(13-15-25)28(37)32-2/h8-9,12-15,23,26-27,36H,3-7,10-11,16-22H2,1-2H3,(H,32,37)(H,33,39)/t26-,27-/m1/s1. The van der Waals surface area contributed by atoms with Gasteiger partial charge in [-0.15, -0.1) is 0 Å². The number of hydrogen-bond donors (Lipinski definition) is 3. The quantitative estimate of drug-likeness (QED) is 0.363. The van der Waals surface area contributed by atoms with Crippen LogP contribution in [0.5, 0.6) is 5.75 Å². The summed E-state index contributed by atoms with van der Waals surface area (Å²) < 4.78 is 5.75. The van der Waals surface area contributed by atoms with Crippen LogP contribution < -0.4 is 15.4 Å². The average molecular weight is 555 g/mol. The zero-order valence-electron chi connectivity index (χ0n) is 24.1. The van der Waals surface area contributed by atoms with Crippen LogP contribution in [0.1, 0.15) is 75.1 Å². The summed E-state index contributed by atoms with van der Waals surface area (Å²) >= 11 is 0. The van der Waals surface area contributed by atoms with Gasteiger partial charge in [-0.05, 0) is 62.3 Å². The zero-order chi connectivity index (χ0) is 28.5. The maximum atomic E-state index is 13.7. The molecule has 220 valence electrons. The van der Waals surface area contributed by atoms with Crippen molar-refractivity contribution in [3.8, 4) is 5.75 Å². The molecule has 2 aliphatic heterocycles. The highest BCUT2D eigenvalue weighted by Crippen LogP contribution is 2.36. The molecule has 2 heterocycles. The molecule has 0 aromatic heterocycles. The van der Waals surface area contributed by atoms with Crippen molar-refractivity contribution >= 4 is 17.7 Å². The first-order valence-electron chi connectivity index (χ1n) is 15.0. The van der Waals surface area contributed by atoms with Crippen LogP contribution >= 0.6 is 0 Å². The number of carbonyl (C=O) groups excluding carboxylic acids is 3. The van der Waals surface area contributed by atoms with Gasteiger partial charge in [-0.25, -0.2) is 0 Å². The molecule has 9 heteroatoms. The number of rotatable bonds is 11. The molecular formula is C31H46N4O5. The van der Waals surface area contributed by atoms with Crippen molar-refractivity contribution in [2.75, 3.05) is 39.8 Å². The molecule has 2 atom stereocenters. The maximum absolute atomic E-state index is 13.7. The lowest BCUT2D eigenvalue weighted by Crippen LogP contribution is -2.75. The number of piperidine rings is 1. The van der Waals surface area contributed by atoms with Crippen molar-refractivity contribution in [3.63, 3.8) is 0 Å². The van der Waals surface area contributed by atoms with E-state index in [1.165, 1.54) is 6.42 Å². The molecular weight excluding hydrogens is 508 g/mol. The van der Waals surface area contributed by atoms with Crippen molar-refractivity contribution < 1.29 is 24.2 Å². The number of aliphatic hydroxyl groups excluding tert-OH is 1. The molecule has 1 aromatic carbocycles. The van der Waals surface area contributed by atoms with Crippen LogP contribution in [0.3, 0.4) is 0 Å². The van der Waals surface area contributed by atoms with Gasteiger partial charge in [0.15, 0.2) is 0 Å². The molecule has 1 saturated carbocycles. The minimum Gasteiger partial charge on any atom is -0.490 e. The normalized spacial score (nSPS) is 22.9. The molecule has 3 fully saturated rings. The summed E-state index contributed by atoms with van der Waals surface area (Å²) in [7, 11) is 1.60. The first-order valence-corrected chi connectivity index (χ1v) is 15.0. The van der Waals surface area contributed by atoms with Gasteiger partial charge >= 0.3 is 0 Å². The predicted octanol–water partition coefficient (Wildman–Crippen LogP) is 2.88. The van der Waals surface area contributed by atoms with E-state index in [-0.39, 0.29) is 23.6 Å². The number of benzene rings is 1. The topological polar surface area (TPSA) is 111 Å². The summed E-state index contributed by atoms with van der Waals surface area (Å²) in [6.45, 7) is 5.23. The van der Waals surface area contributed by atoms with Gasteiger partial charge in [0.05, 0.1) is 6.10 Å². The number of likely N-dealkylation sites (tertiary alicyclic amines) is 1. The summed E-state index contributed by atoms with van der Waals surface area (Å²) in [6, 6.07) is 6.19. The Labute approximate surface area is 238 Å². The number of nitrogens with one attached hydrogen (secondary N) is 2.